The van der Waals surface area contributed by atoms with Gasteiger partial charge in [-0.25, -0.2) is 0 Å². The van der Waals surface area contributed by atoms with Crippen molar-refractivity contribution in [3.05, 3.63) is 68.5 Å². The monoisotopic (exact) mass is 408 g/mol. The van der Waals surface area contributed by atoms with Gasteiger partial charge < -0.3 is 26.0 Å². The number of carbonyl (C=O) groups excluding carboxylic acids is 2. The molecule has 0 aromatic heterocycles. The first-order valence-corrected chi connectivity index (χ1v) is 8.98. The lowest BCUT2D eigenvalue weighted by Crippen LogP contribution is -2.36. The van der Waals surface area contributed by atoms with Crippen molar-refractivity contribution < 1.29 is 14.7 Å². The van der Waals surface area contributed by atoms with E-state index in [4.69, 9.17) is 0 Å². The zero-order chi connectivity index (χ0) is 22.0. The molecule has 0 unspecified atom stereocenters. The van der Waals surface area contributed by atoms with E-state index in [2.05, 4.69) is 16.0 Å². The summed E-state index contributed by atoms with van der Waals surface area (Å²) in [6.45, 7) is 1.35. The lowest BCUT2D eigenvalue weighted by atomic mass is 10.1. The van der Waals surface area contributed by atoms with Crippen LogP contribution in [-0.2, 0) is 4.79 Å². The summed E-state index contributed by atoms with van der Waals surface area (Å²) < 4.78 is 0. The Morgan fingerprint density at radius 3 is 1.93 bits per heavy atom. The number of hydrogen-bond donors (Lipinski definition) is 4. The summed E-state index contributed by atoms with van der Waals surface area (Å²) >= 11 is 0. The van der Waals surface area contributed by atoms with E-state index in [0.717, 1.165) is 0 Å². The Bertz CT molecular complexity index is 1210. The van der Waals surface area contributed by atoms with Crippen LogP contribution in [0.15, 0.2) is 52.1 Å². The van der Waals surface area contributed by atoms with E-state index in [1.807, 2.05) is 0 Å². The number of nitrogens with one attached hydrogen (secondary N) is 3. The van der Waals surface area contributed by atoms with E-state index in [1.54, 1.807) is 44.4 Å². The second-order valence-corrected chi connectivity index (χ2v) is 6.79. The molecule has 0 bridgehead atoms. The van der Waals surface area contributed by atoms with Crippen LogP contribution in [0.2, 0.25) is 0 Å². The third-order valence-corrected chi connectivity index (χ3v) is 4.34. The largest absolute Gasteiger partial charge is 0.505 e. The van der Waals surface area contributed by atoms with Crippen molar-refractivity contribution in [2.24, 2.45) is 0 Å². The molecule has 154 valence electrons. The topological polar surface area (TPSA) is 128 Å². The first-order valence-electron chi connectivity index (χ1n) is 8.98. The van der Waals surface area contributed by atoms with Crippen LogP contribution < -0.4 is 26.8 Å². The Balaban J connectivity index is 1.94. The lowest BCUT2D eigenvalue weighted by molar-refractivity contribution is -0.114. The van der Waals surface area contributed by atoms with E-state index in [1.165, 1.54) is 24.0 Å². The molecule has 3 aromatic carbocycles. The molecule has 0 saturated carbocycles. The van der Waals surface area contributed by atoms with Gasteiger partial charge >= 0.3 is 0 Å². The molecule has 2 amide bonds. The number of hydrogen-bond acceptors (Lipinski definition) is 7. The third-order valence-electron chi connectivity index (χ3n) is 4.34. The van der Waals surface area contributed by atoms with Crippen LogP contribution in [0.4, 0.5) is 28.4 Å². The van der Waals surface area contributed by atoms with Gasteiger partial charge in [-0.1, -0.05) is 18.2 Å². The zero-order valence-corrected chi connectivity index (χ0v) is 16.6. The van der Waals surface area contributed by atoms with Crippen molar-refractivity contribution in [1.82, 2.24) is 4.90 Å². The molecule has 0 aliphatic rings. The van der Waals surface area contributed by atoms with Crippen molar-refractivity contribution in [1.29, 1.82) is 0 Å². The SMILES string of the molecule is CC(=O)Nc1ccccc1Nc1c(Nc2cccc(C(=O)N(C)C)c2O)c(=O)c1=O. The predicted molar refractivity (Wildman–Crippen MR) is 115 cm³/mol. The fourth-order valence-corrected chi connectivity index (χ4v) is 2.85. The van der Waals surface area contributed by atoms with Gasteiger partial charge in [0.1, 0.15) is 11.4 Å². The molecular formula is C21H20N4O5. The zero-order valence-electron chi connectivity index (χ0n) is 16.6. The number of benzene rings is 2. The molecule has 0 heterocycles. The number of phenols is 1. The number of para-hydroxylation sites is 3. The highest BCUT2D eigenvalue weighted by Crippen LogP contribution is 2.33. The lowest BCUT2D eigenvalue weighted by Gasteiger charge is -2.18. The van der Waals surface area contributed by atoms with Crippen molar-refractivity contribution in [2.75, 3.05) is 30.0 Å². The van der Waals surface area contributed by atoms with Crippen LogP contribution in [0.3, 0.4) is 0 Å². The molecule has 0 fully saturated rings. The van der Waals surface area contributed by atoms with Gasteiger partial charge in [-0.3, -0.25) is 19.2 Å². The number of carbonyl (C=O) groups is 2. The highest BCUT2D eigenvalue weighted by atomic mass is 16.3. The summed E-state index contributed by atoms with van der Waals surface area (Å²) in [5.74, 6) is -1.04. The molecule has 0 aliphatic heterocycles. The molecular weight excluding hydrogens is 388 g/mol. The maximum atomic E-state index is 12.2. The van der Waals surface area contributed by atoms with Crippen molar-refractivity contribution >= 4 is 40.3 Å². The summed E-state index contributed by atoms with van der Waals surface area (Å²) in [6.07, 6.45) is 0. The normalized spacial score (nSPS) is 10.5. The Kier molecular flexibility index (Phi) is 5.54. The molecule has 3 rings (SSSR count). The van der Waals surface area contributed by atoms with Crippen LogP contribution in [0, 0.1) is 0 Å². The van der Waals surface area contributed by atoms with E-state index < -0.39 is 16.8 Å². The van der Waals surface area contributed by atoms with Gasteiger partial charge in [-0.15, -0.1) is 0 Å². The molecule has 0 radical (unpaired) electrons. The van der Waals surface area contributed by atoms with Gasteiger partial charge in [-0.05, 0) is 24.3 Å². The van der Waals surface area contributed by atoms with Gasteiger partial charge in [0.25, 0.3) is 16.8 Å². The molecule has 0 atom stereocenters. The average molecular weight is 408 g/mol. The molecule has 3 aromatic rings. The average Bonchev–Trinajstić information content (AvgIpc) is 2.71. The predicted octanol–water partition coefficient (Wildman–Crippen LogP) is 2.14. The second-order valence-electron chi connectivity index (χ2n) is 6.79. The molecule has 30 heavy (non-hydrogen) atoms. The van der Waals surface area contributed by atoms with Gasteiger partial charge in [0, 0.05) is 21.0 Å². The summed E-state index contributed by atoms with van der Waals surface area (Å²) in [6, 6.07) is 11.2. The second kappa shape index (κ2) is 8.08. The highest BCUT2D eigenvalue weighted by Gasteiger charge is 2.24. The molecule has 9 nitrogen and oxygen atoms in total. The standard InChI is InChI=1S/C21H20N4O5/c1-11(26)22-13-8-4-5-9-14(13)23-16-17(20(29)19(16)28)24-15-10-6-7-12(18(15)27)21(30)25(2)3/h4-10,23-24,27H,1-3H3,(H,22,26). The third kappa shape index (κ3) is 3.86. The number of rotatable bonds is 6. The van der Waals surface area contributed by atoms with Gasteiger partial charge in [0.05, 0.1) is 22.6 Å². The van der Waals surface area contributed by atoms with Gasteiger partial charge in [0.15, 0.2) is 5.75 Å². The number of amides is 2. The minimum atomic E-state index is -0.766. The number of aromatic hydroxyl groups is 1. The Labute approximate surface area is 171 Å². The van der Waals surface area contributed by atoms with E-state index in [9.17, 15) is 24.3 Å². The van der Waals surface area contributed by atoms with E-state index in [0.29, 0.717) is 11.4 Å². The quantitative estimate of drug-likeness (QED) is 0.363. The highest BCUT2D eigenvalue weighted by molar-refractivity contribution is 5.99. The summed E-state index contributed by atoms with van der Waals surface area (Å²) in [5, 5.41) is 18.7. The van der Waals surface area contributed by atoms with Crippen LogP contribution in [0.5, 0.6) is 5.75 Å². The number of phenolic OH excluding ortho intramolecular Hbond substituents is 1. The van der Waals surface area contributed by atoms with Crippen LogP contribution in [0.25, 0.3) is 0 Å². The Morgan fingerprint density at radius 2 is 1.37 bits per heavy atom. The maximum absolute atomic E-state index is 12.2. The van der Waals surface area contributed by atoms with Gasteiger partial charge in [0.2, 0.25) is 5.91 Å². The fraction of sp³-hybridized carbons (Fsp3) is 0.143. The molecule has 4 N–H and O–H groups in total. The minimum Gasteiger partial charge on any atom is -0.505 e. The number of nitrogens with zero attached hydrogens (tertiary/aromatic N) is 1. The van der Waals surface area contributed by atoms with Crippen LogP contribution in [-0.4, -0.2) is 35.9 Å². The van der Waals surface area contributed by atoms with E-state index in [-0.39, 0.29) is 34.3 Å². The Morgan fingerprint density at radius 1 is 0.833 bits per heavy atom. The van der Waals surface area contributed by atoms with Gasteiger partial charge in [-0.2, -0.15) is 0 Å². The smallest absolute Gasteiger partial charge is 0.257 e. The minimum absolute atomic E-state index is 0.0125. The fourth-order valence-electron chi connectivity index (χ4n) is 2.85. The molecule has 9 heteroatoms. The van der Waals surface area contributed by atoms with E-state index >= 15 is 0 Å². The first kappa shape index (κ1) is 20.6. The summed E-state index contributed by atoms with van der Waals surface area (Å²) in [4.78, 5) is 49.1. The molecule has 0 spiro atoms. The molecule has 0 aliphatic carbocycles. The summed E-state index contributed by atoms with van der Waals surface area (Å²) in [5.41, 5.74) is -0.562. The first-order chi connectivity index (χ1) is 14.2. The maximum Gasteiger partial charge on any atom is 0.257 e. The van der Waals surface area contributed by atoms with Crippen LogP contribution >= 0.6 is 0 Å². The van der Waals surface area contributed by atoms with Crippen molar-refractivity contribution in [3.63, 3.8) is 0 Å². The van der Waals surface area contributed by atoms with Crippen molar-refractivity contribution in [2.45, 2.75) is 6.92 Å². The van der Waals surface area contributed by atoms with Crippen molar-refractivity contribution in [3.8, 4) is 5.75 Å². The van der Waals surface area contributed by atoms with Crippen LogP contribution in [0.1, 0.15) is 17.3 Å². The number of anilines is 5. The molecule has 0 saturated heterocycles. The summed E-state index contributed by atoms with van der Waals surface area (Å²) in [7, 11) is 3.10. The Hall–Kier alpha value is -4.14.